The van der Waals surface area contributed by atoms with Crippen LogP contribution in [-0.2, 0) is 10.8 Å². The summed E-state index contributed by atoms with van der Waals surface area (Å²) in [5.74, 6) is 0.986. The van der Waals surface area contributed by atoms with Crippen LogP contribution in [-0.4, -0.2) is 13.2 Å². The van der Waals surface area contributed by atoms with Crippen molar-refractivity contribution < 1.29 is 4.74 Å². The molecule has 0 bridgehead atoms. The van der Waals surface area contributed by atoms with Crippen molar-refractivity contribution in [3.05, 3.63) is 29.3 Å². The van der Waals surface area contributed by atoms with Crippen LogP contribution in [0, 0.1) is 0 Å². The van der Waals surface area contributed by atoms with Crippen LogP contribution in [0.25, 0.3) is 0 Å². The van der Waals surface area contributed by atoms with Crippen molar-refractivity contribution in [2.45, 2.75) is 65.2 Å². The molecule has 0 spiro atoms. The van der Waals surface area contributed by atoms with E-state index < -0.39 is 0 Å². The molecule has 0 aromatic heterocycles. The Hall–Kier alpha value is -1.02. The first kappa shape index (κ1) is 17.0. The van der Waals surface area contributed by atoms with Crippen LogP contribution >= 0.6 is 0 Å². The van der Waals surface area contributed by atoms with Crippen molar-refractivity contribution in [3.63, 3.8) is 0 Å². The molecule has 0 amide bonds. The molecule has 0 radical (unpaired) electrons. The van der Waals surface area contributed by atoms with Crippen molar-refractivity contribution in [3.8, 4) is 5.75 Å². The Balaban J connectivity index is 2.99. The molecule has 2 nitrogen and oxygen atoms in total. The van der Waals surface area contributed by atoms with Gasteiger partial charge in [-0.3, -0.25) is 0 Å². The third-order valence-electron chi connectivity index (χ3n) is 3.51. The van der Waals surface area contributed by atoms with Crippen molar-refractivity contribution in [2.75, 3.05) is 13.2 Å². The number of nitrogens with two attached hydrogens (primary N) is 1. The summed E-state index contributed by atoms with van der Waals surface area (Å²) in [6.07, 6.45) is 2.03. The van der Waals surface area contributed by atoms with E-state index in [0.717, 1.165) is 31.7 Å². The highest BCUT2D eigenvalue weighted by Gasteiger charge is 2.20. The number of hydrogen-bond acceptors (Lipinski definition) is 2. The Morgan fingerprint density at radius 1 is 0.850 bits per heavy atom. The molecule has 0 heterocycles. The maximum atomic E-state index is 5.92. The van der Waals surface area contributed by atoms with Gasteiger partial charge in [-0.05, 0) is 53.5 Å². The molecule has 0 aliphatic heterocycles. The maximum Gasteiger partial charge on any atom is 0.119 e. The zero-order chi connectivity index (χ0) is 15.4. The molecular weight excluding hydrogens is 246 g/mol. The summed E-state index contributed by atoms with van der Waals surface area (Å²) in [6.45, 7) is 14.9. The van der Waals surface area contributed by atoms with Crippen LogP contribution in [0.5, 0.6) is 5.75 Å². The van der Waals surface area contributed by atoms with E-state index in [0.29, 0.717) is 0 Å². The number of unbranched alkanes of at least 4 members (excludes halogenated alkanes) is 1. The van der Waals surface area contributed by atoms with Gasteiger partial charge in [-0.15, -0.1) is 0 Å². The van der Waals surface area contributed by atoms with Crippen LogP contribution in [0.1, 0.15) is 65.5 Å². The fourth-order valence-corrected chi connectivity index (χ4v) is 1.98. The number of rotatable bonds is 5. The Kier molecular flexibility index (Phi) is 5.64. The molecule has 2 heteroatoms. The second kappa shape index (κ2) is 6.62. The van der Waals surface area contributed by atoms with Crippen LogP contribution in [0.4, 0.5) is 0 Å². The molecule has 0 aliphatic carbocycles. The summed E-state index contributed by atoms with van der Waals surface area (Å²) < 4.78 is 5.92. The average molecular weight is 277 g/mol. The summed E-state index contributed by atoms with van der Waals surface area (Å²) in [7, 11) is 0. The van der Waals surface area contributed by atoms with Crippen LogP contribution < -0.4 is 10.5 Å². The Bertz CT molecular complexity index is 392. The maximum absolute atomic E-state index is 5.92. The van der Waals surface area contributed by atoms with E-state index in [1.807, 2.05) is 0 Å². The lowest BCUT2D eigenvalue weighted by Gasteiger charge is -2.26. The SMILES string of the molecule is CC(C)(C)c1cc(OCCCCN)cc(C(C)(C)C)c1. The van der Waals surface area contributed by atoms with Gasteiger partial charge in [0.1, 0.15) is 5.75 Å². The quantitative estimate of drug-likeness (QED) is 0.810. The van der Waals surface area contributed by atoms with Crippen LogP contribution in [0.3, 0.4) is 0 Å². The highest BCUT2D eigenvalue weighted by Crippen LogP contribution is 2.32. The van der Waals surface area contributed by atoms with Crippen LogP contribution in [0.2, 0.25) is 0 Å². The normalized spacial score (nSPS) is 12.6. The van der Waals surface area contributed by atoms with Gasteiger partial charge in [0.05, 0.1) is 6.61 Å². The van der Waals surface area contributed by atoms with Gasteiger partial charge in [-0.1, -0.05) is 47.6 Å². The van der Waals surface area contributed by atoms with Crippen molar-refractivity contribution in [1.82, 2.24) is 0 Å². The Morgan fingerprint density at radius 3 is 1.75 bits per heavy atom. The summed E-state index contributed by atoms with van der Waals surface area (Å²) in [4.78, 5) is 0. The van der Waals surface area contributed by atoms with Gasteiger partial charge < -0.3 is 10.5 Å². The fourth-order valence-electron chi connectivity index (χ4n) is 1.98. The topological polar surface area (TPSA) is 35.2 Å². The van der Waals surface area contributed by atoms with Gasteiger partial charge in [-0.2, -0.15) is 0 Å². The molecule has 1 aromatic rings. The van der Waals surface area contributed by atoms with Gasteiger partial charge in [0.15, 0.2) is 0 Å². The second-order valence-electron chi connectivity index (χ2n) is 7.59. The third kappa shape index (κ3) is 5.16. The zero-order valence-electron chi connectivity index (χ0n) is 14.0. The Morgan fingerprint density at radius 2 is 1.35 bits per heavy atom. The van der Waals surface area contributed by atoms with E-state index in [4.69, 9.17) is 10.5 Å². The van der Waals surface area contributed by atoms with E-state index in [-0.39, 0.29) is 10.8 Å². The molecule has 0 saturated heterocycles. The zero-order valence-corrected chi connectivity index (χ0v) is 14.0. The minimum Gasteiger partial charge on any atom is -0.494 e. The molecular formula is C18H31NO. The molecule has 20 heavy (non-hydrogen) atoms. The highest BCUT2D eigenvalue weighted by molar-refractivity contribution is 5.40. The summed E-state index contributed by atoms with van der Waals surface area (Å²) >= 11 is 0. The van der Waals surface area contributed by atoms with Crippen molar-refractivity contribution >= 4 is 0 Å². The molecule has 2 N–H and O–H groups in total. The molecule has 0 atom stereocenters. The van der Waals surface area contributed by atoms with E-state index >= 15 is 0 Å². The van der Waals surface area contributed by atoms with Crippen LogP contribution in [0.15, 0.2) is 18.2 Å². The summed E-state index contributed by atoms with van der Waals surface area (Å²) in [5.41, 5.74) is 8.45. The van der Waals surface area contributed by atoms with E-state index in [1.54, 1.807) is 0 Å². The molecule has 1 aromatic carbocycles. The van der Waals surface area contributed by atoms with Crippen molar-refractivity contribution in [1.29, 1.82) is 0 Å². The van der Waals surface area contributed by atoms with Gasteiger partial charge in [0, 0.05) is 0 Å². The predicted octanol–water partition coefficient (Wildman–Crippen LogP) is 4.40. The largest absolute Gasteiger partial charge is 0.494 e. The molecule has 0 saturated carbocycles. The monoisotopic (exact) mass is 277 g/mol. The fraction of sp³-hybridized carbons (Fsp3) is 0.667. The van der Waals surface area contributed by atoms with Gasteiger partial charge in [0.25, 0.3) is 0 Å². The number of ether oxygens (including phenoxy) is 1. The molecule has 0 aliphatic rings. The lowest BCUT2D eigenvalue weighted by atomic mass is 9.80. The lowest BCUT2D eigenvalue weighted by Crippen LogP contribution is -2.16. The minimum atomic E-state index is 0.136. The first-order valence-electron chi connectivity index (χ1n) is 7.63. The summed E-state index contributed by atoms with van der Waals surface area (Å²) in [6, 6.07) is 6.67. The average Bonchev–Trinajstić information content (AvgIpc) is 2.32. The minimum absolute atomic E-state index is 0.136. The molecule has 114 valence electrons. The molecule has 0 fully saturated rings. The third-order valence-corrected chi connectivity index (χ3v) is 3.51. The van der Waals surface area contributed by atoms with E-state index in [2.05, 4.69) is 59.7 Å². The standard InChI is InChI=1S/C18H31NO/c1-17(2,3)14-11-15(18(4,5)6)13-16(12-14)20-10-8-7-9-19/h11-13H,7-10,19H2,1-6H3. The smallest absolute Gasteiger partial charge is 0.119 e. The van der Waals surface area contributed by atoms with E-state index in [1.165, 1.54) is 11.1 Å². The molecule has 0 unspecified atom stereocenters. The lowest BCUT2D eigenvalue weighted by molar-refractivity contribution is 0.306. The number of hydrogen-bond donors (Lipinski definition) is 1. The van der Waals surface area contributed by atoms with E-state index in [9.17, 15) is 0 Å². The predicted molar refractivity (Wildman–Crippen MR) is 87.6 cm³/mol. The van der Waals surface area contributed by atoms with Gasteiger partial charge >= 0.3 is 0 Å². The summed E-state index contributed by atoms with van der Waals surface area (Å²) in [5, 5.41) is 0. The second-order valence-corrected chi connectivity index (χ2v) is 7.59. The number of benzene rings is 1. The van der Waals surface area contributed by atoms with Gasteiger partial charge in [-0.25, -0.2) is 0 Å². The first-order valence-corrected chi connectivity index (χ1v) is 7.63. The molecule has 1 rings (SSSR count). The Labute approximate surface area is 124 Å². The van der Waals surface area contributed by atoms with Crippen molar-refractivity contribution in [2.24, 2.45) is 5.73 Å². The van der Waals surface area contributed by atoms with Gasteiger partial charge in [0.2, 0.25) is 0 Å². The highest BCUT2D eigenvalue weighted by atomic mass is 16.5. The first-order chi connectivity index (χ1) is 9.14.